The van der Waals surface area contributed by atoms with Crippen LogP contribution in [0.4, 0.5) is 0 Å². The normalized spacial score (nSPS) is 15.4. The first kappa shape index (κ1) is 10.2. The molecule has 0 heterocycles. The summed E-state index contributed by atoms with van der Waals surface area (Å²) in [5.41, 5.74) is 7.83. The van der Waals surface area contributed by atoms with E-state index in [4.69, 9.17) is 5.73 Å². The van der Waals surface area contributed by atoms with Crippen molar-refractivity contribution in [2.45, 2.75) is 32.4 Å². The molecule has 0 saturated carbocycles. The van der Waals surface area contributed by atoms with Crippen molar-refractivity contribution < 1.29 is 5.11 Å². The van der Waals surface area contributed by atoms with Crippen LogP contribution in [0, 0.1) is 6.92 Å². The standard InChI is InChI=1S/C11H17NO/c1-3-10(12)11(13)9-6-4-8(2)5-7-9/h4-7,10-11,13H,3,12H2,1-2H3/t10-,11+/m1/s1. The molecule has 0 fully saturated rings. The first-order valence-corrected chi connectivity index (χ1v) is 4.65. The molecule has 0 aromatic heterocycles. The van der Waals surface area contributed by atoms with Crippen molar-refractivity contribution >= 4 is 0 Å². The summed E-state index contributed by atoms with van der Waals surface area (Å²) in [6.45, 7) is 4.00. The van der Waals surface area contributed by atoms with Gasteiger partial charge in [-0.3, -0.25) is 0 Å². The molecule has 0 amide bonds. The Morgan fingerprint density at radius 2 is 1.85 bits per heavy atom. The first-order chi connectivity index (χ1) is 6.15. The van der Waals surface area contributed by atoms with Gasteiger partial charge in [0.15, 0.2) is 0 Å². The second-order valence-electron chi connectivity index (χ2n) is 3.43. The molecule has 1 aromatic rings. The van der Waals surface area contributed by atoms with Crippen LogP contribution < -0.4 is 5.73 Å². The highest BCUT2D eigenvalue weighted by Crippen LogP contribution is 2.17. The van der Waals surface area contributed by atoms with Crippen LogP contribution in [-0.2, 0) is 0 Å². The Hall–Kier alpha value is -0.860. The Morgan fingerprint density at radius 1 is 1.31 bits per heavy atom. The van der Waals surface area contributed by atoms with Crippen molar-refractivity contribution in [3.05, 3.63) is 35.4 Å². The van der Waals surface area contributed by atoms with Crippen LogP contribution in [0.25, 0.3) is 0 Å². The molecule has 0 spiro atoms. The number of aliphatic hydroxyl groups excluding tert-OH is 1. The lowest BCUT2D eigenvalue weighted by Crippen LogP contribution is -2.27. The number of nitrogens with two attached hydrogens (primary N) is 1. The molecule has 13 heavy (non-hydrogen) atoms. The molecule has 0 aliphatic rings. The van der Waals surface area contributed by atoms with Gasteiger partial charge in [0, 0.05) is 6.04 Å². The van der Waals surface area contributed by atoms with Gasteiger partial charge >= 0.3 is 0 Å². The molecule has 72 valence electrons. The molecule has 3 N–H and O–H groups in total. The van der Waals surface area contributed by atoms with Gasteiger partial charge < -0.3 is 10.8 Å². The van der Waals surface area contributed by atoms with Crippen LogP contribution in [0.2, 0.25) is 0 Å². The lowest BCUT2D eigenvalue weighted by Gasteiger charge is -2.17. The van der Waals surface area contributed by atoms with Crippen molar-refractivity contribution in [3.63, 3.8) is 0 Å². The maximum atomic E-state index is 9.75. The van der Waals surface area contributed by atoms with Crippen molar-refractivity contribution in [1.29, 1.82) is 0 Å². The second-order valence-corrected chi connectivity index (χ2v) is 3.43. The van der Waals surface area contributed by atoms with Gasteiger partial charge in [-0.25, -0.2) is 0 Å². The van der Waals surface area contributed by atoms with Crippen molar-refractivity contribution in [1.82, 2.24) is 0 Å². The van der Waals surface area contributed by atoms with Gasteiger partial charge in [0.1, 0.15) is 0 Å². The Morgan fingerprint density at radius 3 is 2.31 bits per heavy atom. The zero-order valence-corrected chi connectivity index (χ0v) is 8.20. The van der Waals surface area contributed by atoms with E-state index in [0.29, 0.717) is 0 Å². The summed E-state index contributed by atoms with van der Waals surface area (Å²) in [6, 6.07) is 7.66. The lowest BCUT2D eigenvalue weighted by atomic mass is 10.0. The number of hydrogen-bond donors (Lipinski definition) is 2. The van der Waals surface area contributed by atoms with E-state index in [1.54, 1.807) is 0 Å². The molecule has 2 atom stereocenters. The summed E-state index contributed by atoms with van der Waals surface area (Å²) in [6.07, 6.45) is 0.250. The van der Waals surface area contributed by atoms with E-state index in [1.165, 1.54) is 5.56 Å². The van der Waals surface area contributed by atoms with E-state index in [0.717, 1.165) is 12.0 Å². The minimum atomic E-state index is -0.536. The molecule has 1 aromatic carbocycles. The maximum absolute atomic E-state index is 9.75. The van der Waals surface area contributed by atoms with Crippen molar-refractivity contribution in [2.24, 2.45) is 5.73 Å². The highest BCUT2D eigenvalue weighted by Gasteiger charge is 2.13. The largest absolute Gasteiger partial charge is 0.387 e. The van der Waals surface area contributed by atoms with Gasteiger partial charge in [-0.1, -0.05) is 36.8 Å². The summed E-state index contributed by atoms with van der Waals surface area (Å²) < 4.78 is 0. The average Bonchev–Trinajstić information content (AvgIpc) is 2.17. The van der Waals surface area contributed by atoms with Crippen LogP contribution in [0.3, 0.4) is 0 Å². The van der Waals surface area contributed by atoms with Crippen molar-refractivity contribution in [2.75, 3.05) is 0 Å². The SMILES string of the molecule is CC[C@@H](N)[C@@H](O)c1ccc(C)cc1. The van der Waals surface area contributed by atoms with E-state index in [-0.39, 0.29) is 6.04 Å². The third kappa shape index (κ3) is 2.54. The fourth-order valence-electron chi connectivity index (χ4n) is 1.23. The summed E-state index contributed by atoms with van der Waals surface area (Å²) in [4.78, 5) is 0. The molecule has 0 bridgehead atoms. The fourth-order valence-corrected chi connectivity index (χ4v) is 1.23. The van der Waals surface area contributed by atoms with Crippen LogP contribution in [0.15, 0.2) is 24.3 Å². The highest BCUT2D eigenvalue weighted by atomic mass is 16.3. The molecular weight excluding hydrogens is 162 g/mol. The molecule has 0 radical (unpaired) electrons. The van der Waals surface area contributed by atoms with Crippen LogP contribution in [0.1, 0.15) is 30.6 Å². The molecule has 1 rings (SSSR count). The lowest BCUT2D eigenvalue weighted by molar-refractivity contribution is 0.144. The van der Waals surface area contributed by atoms with Gasteiger partial charge in [-0.2, -0.15) is 0 Å². The van der Waals surface area contributed by atoms with E-state index in [9.17, 15) is 5.11 Å². The number of rotatable bonds is 3. The molecular formula is C11H17NO. The third-order valence-corrected chi connectivity index (χ3v) is 2.30. The zero-order chi connectivity index (χ0) is 9.84. The molecule has 2 heteroatoms. The number of hydrogen-bond acceptors (Lipinski definition) is 2. The smallest absolute Gasteiger partial charge is 0.0940 e. The maximum Gasteiger partial charge on any atom is 0.0940 e. The number of aliphatic hydroxyl groups is 1. The molecule has 0 saturated heterocycles. The summed E-state index contributed by atoms with van der Waals surface area (Å²) in [5.74, 6) is 0. The Bertz CT molecular complexity index is 255. The van der Waals surface area contributed by atoms with Crippen LogP contribution in [-0.4, -0.2) is 11.1 Å². The summed E-state index contributed by atoms with van der Waals surface area (Å²) >= 11 is 0. The van der Waals surface area contributed by atoms with Gasteiger partial charge in [-0.15, -0.1) is 0 Å². The first-order valence-electron chi connectivity index (χ1n) is 4.65. The minimum absolute atomic E-state index is 0.164. The van der Waals surface area contributed by atoms with E-state index in [1.807, 2.05) is 38.1 Å². The zero-order valence-electron chi connectivity index (χ0n) is 8.20. The fraction of sp³-hybridized carbons (Fsp3) is 0.455. The Kier molecular flexibility index (Phi) is 3.46. The predicted molar refractivity (Wildman–Crippen MR) is 54.4 cm³/mol. The minimum Gasteiger partial charge on any atom is -0.387 e. The summed E-state index contributed by atoms with van der Waals surface area (Å²) in [7, 11) is 0. The Labute approximate surface area is 79.4 Å². The second kappa shape index (κ2) is 4.40. The molecule has 0 aliphatic carbocycles. The topological polar surface area (TPSA) is 46.2 Å². The van der Waals surface area contributed by atoms with E-state index < -0.39 is 6.10 Å². The van der Waals surface area contributed by atoms with E-state index >= 15 is 0 Å². The van der Waals surface area contributed by atoms with Gasteiger partial charge in [0.25, 0.3) is 0 Å². The molecule has 2 nitrogen and oxygen atoms in total. The number of aryl methyl sites for hydroxylation is 1. The van der Waals surface area contributed by atoms with Crippen LogP contribution in [0.5, 0.6) is 0 Å². The van der Waals surface area contributed by atoms with E-state index in [2.05, 4.69) is 0 Å². The monoisotopic (exact) mass is 179 g/mol. The van der Waals surface area contributed by atoms with Gasteiger partial charge in [0.2, 0.25) is 0 Å². The average molecular weight is 179 g/mol. The van der Waals surface area contributed by atoms with Gasteiger partial charge in [-0.05, 0) is 18.9 Å². The highest BCUT2D eigenvalue weighted by molar-refractivity contribution is 5.23. The summed E-state index contributed by atoms with van der Waals surface area (Å²) in [5, 5.41) is 9.75. The number of benzene rings is 1. The molecule has 0 aliphatic heterocycles. The Balaban J connectivity index is 2.77. The predicted octanol–water partition coefficient (Wildman–Crippen LogP) is 1.77. The van der Waals surface area contributed by atoms with Crippen LogP contribution >= 0.6 is 0 Å². The molecule has 0 unspecified atom stereocenters. The van der Waals surface area contributed by atoms with Gasteiger partial charge in [0.05, 0.1) is 6.10 Å². The quantitative estimate of drug-likeness (QED) is 0.742. The third-order valence-electron chi connectivity index (χ3n) is 2.30. The van der Waals surface area contributed by atoms with Crippen molar-refractivity contribution in [3.8, 4) is 0 Å².